The van der Waals surface area contributed by atoms with Crippen molar-refractivity contribution in [3.8, 4) is 0 Å². The largest absolute Gasteiger partial charge is 0.398 e. The van der Waals surface area contributed by atoms with Gasteiger partial charge in [0.15, 0.2) is 0 Å². The molecular formula is C13H16BrN3O2. The number of nitrogens with one attached hydrogen (secondary N) is 1. The molecule has 0 saturated carbocycles. The van der Waals surface area contributed by atoms with E-state index in [4.69, 9.17) is 5.73 Å². The monoisotopic (exact) mass is 325 g/mol. The zero-order valence-corrected chi connectivity index (χ0v) is 12.5. The van der Waals surface area contributed by atoms with Gasteiger partial charge in [0.1, 0.15) is 5.54 Å². The SMILES string of the molecule is CC1(C)C(=O)NCCN1C(=O)c1ccc(Br)c(N)c1. The minimum atomic E-state index is -0.850. The number of benzene rings is 1. The van der Waals surface area contributed by atoms with E-state index in [0.29, 0.717) is 24.3 Å². The number of nitrogen functional groups attached to an aromatic ring is 1. The highest BCUT2D eigenvalue weighted by Crippen LogP contribution is 2.24. The van der Waals surface area contributed by atoms with Crippen molar-refractivity contribution >= 4 is 33.4 Å². The Labute approximate surface area is 120 Å². The van der Waals surface area contributed by atoms with Crippen LogP contribution in [0.15, 0.2) is 22.7 Å². The van der Waals surface area contributed by atoms with E-state index in [1.807, 2.05) is 0 Å². The van der Waals surface area contributed by atoms with Crippen LogP contribution >= 0.6 is 15.9 Å². The molecule has 1 saturated heterocycles. The van der Waals surface area contributed by atoms with Gasteiger partial charge in [0, 0.05) is 28.8 Å². The van der Waals surface area contributed by atoms with Gasteiger partial charge in [-0.05, 0) is 48.0 Å². The Morgan fingerprint density at radius 3 is 2.79 bits per heavy atom. The second-order valence-electron chi connectivity index (χ2n) is 5.01. The molecule has 0 unspecified atom stereocenters. The van der Waals surface area contributed by atoms with Crippen LogP contribution in [-0.2, 0) is 4.79 Å². The van der Waals surface area contributed by atoms with E-state index in [9.17, 15) is 9.59 Å². The van der Waals surface area contributed by atoms with Gasteiger partial charge in [-0.1, -0.05) is 0 Å². The second-order valence-corrected chi connectivity index (χ2v) is 5.86. The maximum atomic E-state index is 12.5. The molecule has 19 heavy (non-hydrogen) atoms. The zero-order chi connectivity index (χ0) is 14.2. The maximum Gasteiger partial charge on any atom is 0.254 e. The molecule has 1 aromatic carbocycles. The molecule has 0 aromatic heterocycles. The Bertz CT molecular complexity index is 543. The normalized spacial score (nSPS) is 18.1. The first-order valence-corrected chi connectivity index (χ1v) is 6.78. The molecule has 2 rings (SSSR count). The first-order valence-electron chi connectivity index (χ1n) is 5.99. The molecule has 1 aliphatic heterocycles. The molecule has 0 aliphatic carbocycles. The van der Waals surface area contributed by atoms with E-state index in [-0.39, 0.29) is 11.8 Å². The Hall–Kier alpha value is -1.56. The van der Waals surface area contributed by atoms with Gasteiger partial charge < -0.3 is 16.0 Å². The lowest BCUT2D eigenvalue weighted by Crippen LogP contribution is -2.63. The van der Waals surface area contributed by atoms with E-state index in [2.05, 4.69) is 21.2 Å². The summed E-state index contributed by atoms with van der Waals surface area (Å²) in [7, 11) is 0. The van der Waals surface area contributed by atoms with Crippen LogP contribution in [0.25, 0.3) is 0 Å². The summed E-state index contributed by atoms with van der Waals surface area (Å²) in [4.78, 5) is 25.9. The van der Waals surface area contributed by atoms with Crippen LogP contribution in [0.5, 0.6) is 0 Å². The standard InChI is InChI=1S/C13H16BrN3O2/c1-13(2)12(19)16-5-6-17(13)11(18)8-3-4-9(14)10(15)7-8/h3-4,7H,5-6,15H2,1-2H3,(H,16,19). The summed E-state index contributed by atoms with van der Waals surface area (Å²) < 4.78 is 0.750. The lowest BCUT2D eigenvalue weighted by atomic mass is 9.97. The van der Waals surface area contributed by atoms with Gasteiger partial charge in [-0.25, -0.2) is 0 Å². The fourth-order valence-electron chi connectivity index (χ4n) is 2.09. The summed E-state index contributed by atoms with van der Waals surface area (Å²) in [5, 5.41) is 2.76. The van der Waals surface area contributed by atoms with Crippen molar-refractivity contribution in [2.75, 3.05) is 18.8 Å². The fourth-order valence-corrected chi connectivity index (χ4v) is 2.33. The predicted molar refractivity (Wildman–Crippen MR) is 76.7 cm³/mol. The number of nitrogens with two attached hydrogens (primary N) is 1. The first kappa shape index (κ1) is 13.9. The summed E-state index contributed by atoms with van der Waals surface area (Å²) in [5.41, 5.74) is 5.93. The summed E-state index contributed by atoms with van der Waals surface area (Å²) in [6.07, 6.45) is 0. The number of hydrogen-bond donors (Lipinski definition) is 2. The van der Waals surface area contributed by atoms with Crippen LogP contribution in [-0.4, -0.2) is 35.3 Å². The number of halogens is 1. The molecule has 3 N–H and O–H groups in total. The topological polar surface area (TPSA) is 75.4 Å². The van der Waals surface area contributed by atoms with Crippen molar-refractivity contribution in [1.29, 1.82) is 0 Å². The Morgan fingerprint density at radius 2 is 2.16 bits per heavy atom. The third-order valence-electron chi connectivity index (χ3n) is 3.34. The van der Waals surface area contributed by atoms with Crippen LogP contribution in [0.3, 0.4) is 0 Å². The van der Waals surface area contributed by atoms with Crippen molar-refractivity contribution in [3.63, 3.8) is 0 Å². The summed E-state index contributed by atoms with van der Waals surface area (Å²) in [6, 6.07) is 5.06. The molecule has 0 radical (unpaired) electrons. The molecule has 0 bridgehead atoms. The molecule has 102 valence electrons. The fraction of sp³-hybridized carbons (Fsp3) is 0.385. The van der Waals surface area contributed by atoms with E-state index in [0.717, 1.165) is 4.47 Å². The molecule has 2 amide bonds. The number of nitrogens with zero attached hydrogens (tertiary/aromatic N) is 1. The number of carbonyl (C=O) groups is 2. The highest BCUT2D eigenvalue weighted by molar-refractivity contribution is 9.10. The third kappa shape index (κ3) is 2.45. The molecule has 1 fully saturated rings. The van der Waals surface area contributed by atoms with Crippen molar-refractivity contribution in [1.82, 2.24) is 10.2 Å². The second kappa shape index (κ2) is 4.85. The number of carbonyl (C=O) groups excluding carboxylic acids is 2. The molecule has 1 heterocycles. The lowest BCUT2D eigenvalue weighted by Gasteiger charge is -2.41. The number of amides is 2. The van der Waals surface area contributed by atoms with Gasteiger partial charge in [-0.3, -0.25) is 9.59 Å². The molecule has 1 aromatic rings. The Balaban J connectivity index is 2.32. The number of rotatable bonds is 1. The number of hydrogen-bond acceptors (Lipinski definition) is 3. The predicted octanol–water partition coefficient (Wildman–Crippen LogP) is 1.38. The zero-order valence-electron chi connectivity index (χ0n) is 10.9. The van der Waals surface area contributed by atoms with Crippen LogP contribution in [0, 0.1) is 0 Å². The van der Waals surface area contributed by atoms with Crippen molar-refractivity contribution in [2.24, 2.45) is 0 Å². The molecule has 0 atom stereocenters. The van der Waals surface area contributed by atoms with Gasteiger partial charge in [0.25, 0.3) is 5.91 Å². The molecular weight excluding hydrogens is 310 g/mol. The average Bonchev–Trinajstić information content (AvgIpc) is 2.35. The lowest BCUT2D eigenvalue weighted by molar-refractivity contribution is -0.133. The van der Waals surface area contributed by atoms with Crippen LogP contribution < -0.4 is 11.1 Å². The van der Waals surface area contributed by atoms with Gasteiger partial charge in [-0.2, -0.15) is 0 Å². The van der Waals surface area contributed by atoms with Crippen LogP contribution in [0.2, 0.25) is 0 Å². The number of piperazine rings is 1. The highest BCUT2D eigenvalue weighted by atomic mass is 79.9. The van der Waals surface area contributed by atoms with E-state index >= 15 is 0 Å². The van der Waals surface area contributed by atoms with Gasteiger partial charge in [0.2, 0.25) is 5.91 Å². The third-order valence-corrected chi connectivity index (χ3v) is 4.06. The molecule has 5 nitrogen and oxygen atoms in total. The van der Waals surface area contributed by atoms with E-state index in [1.54, 1.807) is 36.9 Å². The average molecular weight is 326 g/mol. The molecule has 6 heteroatoms. The van der Waals surface area contributed by atoms with Crippen molar-refractivity contribution in [3.05, 3.63) is 28.2 Å². The van der Waals surface area contributed by atoms with Crippen molar-refractivity contribution < 1.29 is 9.59 Å². The summed E-state index contributed by atoms with van der Waals surface area (Å²) in [5.74, 6) is -0.323. The quantitative estimate of drug-likeness (QED) is 0.766. The molecule has 1 aliphatic rings. The maximum absolute atomic E-state index is 12.5. The minimum absolute atomic E-state index is 0.141. The van der Waals surface area contributed by atoms with Crippen LogP contribution in [0.4, 0.5) is 5.69 Å². The summed E-state index contributed by atoms with van der Waals surface area (Å²) in [6.45, 7) is 4.44. The van der Waals surface area contributed by atoms with Crippen molar-refractivity contribution in [2.45, 2.75) is 19.4 Å². The molecule has 0 spiro atoms. The summed E-state index contributed by atoms with van der Waals surface area (Å²) >= 11 is 3.29. The number of anilines is 1. The first-order chi connectivity index (χ1) is 8.84. The smallest absolute Gasteiger partial charge is 0.254 e. The van der Waals surface area contributed by atoms with E-state index < -0.39 is 5.54 Å². The minimum Gasteiger partial charge on any atom is -0.398 e. The van der Waals surface area contributed by atoms with E-state index in [1.165, 1.54) is 0 Å². The van der Waals surface area contributed by atoms with Crippen LogP contribution in [0.1, 0.15) is 24.2 Å². The Morgan fingerprint density at radius 1 is 1.47 bits per heavy atom. The highest BCUT2D eigenvalue weighted by Gasteiger charge is 2.40. The van der Waals surface area contributed by atoms with Gasteiger partial charge in [0.05, 0.1) is 0 Å². The van der Waals surface area contributed by atoms with Gasteiger partial charge >= 0.3 is 0 Å². The van der Waals surface area contributed by atoms with Gasteiger partial charge in [-0.15, -0.1) is 0 Å². The Kier molecular flexibility index (Phi) is 3.54.